The van der Waals surface area contributed by atoms with Gasteiger partial charge in [0.05, 0.1) is 19.3 Å². The summed E-state index contributed by atoms with van der Waals surface area (Å²) in [7, 11) is 0. The predicted molar refractivity (Wildman–Crippen MR) is 145 cm³/mol. The van der Waals surface area contributed by atoms with Crippen molar-refractivity contribution < 1.29 is 85.0 Å². The second-order valence-electron chi connectivity index (χ2n) is 11.6. The number of carbonyl (C=O) groups excluding carboxylic acids is 1. The zero-order valence-electron chi connectivity index (χ0n) is 24.5. The summed E-state index contributed by atoms with van der Waals surface area (Å²) < 4.78 is 21.6. The van der Waals surface area contributed by atoms with Gasteiger partial charge in [0.25, 0.3) is 0 Å². The Morgan fingerprint density at radius 3 is 1.98 bits per heavy atom. The van der Waals surface area contributed by atoms with Crippen molar-refractivity contribution in [1.29, 1.82) is 0 Å². The van der Waals surface area contributed by atoms with E-state index in [1.807, 2.05) is 0 Å². The lowest BCUT2D eigenvalue weighted by atomic mass is 9.72. The molecule has 3 aliphatic heterocycles. The van der Waals surface area contributed by atoms with Gasteiger partial charge in [0.1, 0.15) is 73.2 Å². The molecule has 0 aromatic carbocycles. The molecule has 45 heavy (non-hydrogen) atoms. The summed E-state index contributed by atoms with van der Waals surface area (Å²) in [5.74, 6) is -0.343. The Hall–Kier alpha value is -1.21. The Labute approximate surface area is 258 Å². The molecule has 0 radical (unpaired) electrons. The molecule has 15 N–H and O–H groups in total. The van der Waals surface area contributed by atoms with Crippen LogP contribution in [0.3, 0.4) is 0 Å². The highest BCUT2D eigenvalue weighted by Crippen LogP contribution is 2.41. The van der Waals surface area contributed by atoms with E-state index in [1.165, 1.54) is 0 Å². The molecule has 1 unspecified atom stereocenters. The van der Waals surface area contributed by atoms with Gasteiger partial charge in [-0.25, -0.2) is 0 Å². The van der Waals surface area contributed by atoms with Crippen molar-refractivity contribution in [3.63, 3.8) is 0 Å². The summed E-state index contributed by atoms with van der Waals surface area (Å²) in [4.78, 5) is 12.2. The number of carbonyl (C=O) groups is 1. The van der Waals surface area contributed by atoms with Crippen molar-refractivity contribution in [2.45, 2.75) is 130 Å². The van der Waals surface area contributed by atoms with E-state index in [0.29, 0.717) is 13.0 Å². The summed E-state index contributed by atoms with van der Waals surface area (Å²) in [6.45, 7) is -1.40. The third-order valence-electron chi connectivity index (χ3n) is 8.55. The Kier molecular flexibility index (Phi) is 14.2. The lowest BCUT2D eigenvalue weighted by Crippen LogP contribution is -2.78. The van der Waals surface area contributed by atoms with Crippen molar-refractivity contribution in [1.82, 2.24) is 5.32 Å². The number of hydrogen-bond acceptors (Lipinski definition) is 18. The number of unbranched alkanes of at least 4 members (excludes halogenated alkanes) is 2. The largest absolute Gasteiger partial charge is 0.394 e. The van der Waals surface area contributed by atoms with Gasteiger partial charge in [-0.1, -0.05) is 6.42 Å². The maximum Gasteiger partial charge on any atom is 0.219 e. The van der Waals surface area contributed by atoms with Crippen LogP contribution in [-0.2, 0) is 23.7 Å². The molecule has 1 amide bonds. The van der Waals surface area contributed by atoms with E-state index in [-0.39, 0.29) is 25.3 Å². The fourth-order valence-corrected chi connectivity index (χ4v) is 5.80. The van der Waals surface area contributed by atoms with Gasteiger partial charge >= 0.3 is 0 Å². The van der Waals surface area contributed by atoms with Crippen molar-refractivity contribution in [3.05, 3.63) is 0 Å². The third kappa shape index (κ3) is 8.27. The monoisotopic (exact) mass is 660 g/mol. The molecule has 3 fully saturated rings. The average Bonchev–Trinajstić information content (AvgIpc) is 3.02. The van der Waals surface area contributed by atoms with Gasteiger partial charge in [-0.05, 0) is 25.8 Å². The van der Waals surface area contributed by atoms with Crippen LogP contribution >= 0.6 is 0 Å². The van der Waals surface area contributed by atoms with E-state index >= 15 is 0 Å². The molecule has 3 heterocycles. The number of rotatable bonds is 14. The van der Waals surface area contributed by atoms with E-state index in [1.54, 1.807) is 0 Å². The number of aliphatic hydroxyl groups is 12. The highest BCUT2D eigenvalue weighted by molar-refractivity contribution is 5.75. The molecular formula is C26H48N2O17. The fraction of sp³-hybridized carbons (Fsp3) is 0.962. The SMILES string of the molecule is NCCCCCC(=O)NCC[C@H]1O[C@H](C(O)O[C@H]2O[C@H](CO)[C@@H](O)[C@H](O)[C@@H]2O)[C@@H](O)[C@@](O)([C@H]2O[C@H](CO)[C@@H](O)[C@H](O)[C@@H]2O)[C@@H]1O. The van der Waals surface area contributed by atoms with Gasteiger partial charge in [0.2, 0.25) is 5.91 Å². The van der Waals surface area contributed by atoms with Crippen LogP contribution in [0.15, 0.2) is 0 Å². The number of nitrogens with two attached hydrogens (primary N) is 1. The average molecular weight is 661 g/mol. The highest BCUT2D eigenvalue weighted by atomic mass is 16.8. The van der Waals surface area contributed by atoms with Crippen LogP contribution in [0.2, 0.25) is 0 Å². The Bertz CT molecular complexity index is 919. The van der Waals surface area contributed by atoms with Crippen LogP contribution in [0.5, 0.6) is 0 Å². The summed E-state index contributed by atoms with van der Waals surface area (Å²) in [5, 5.41) is 129. The standard InChI is InChI=1S/C26H48N2O17/c27-6-3-1-2-4-13(31)28-7-5-10-21(38)26(41,23-18(36)16(34)14(32)11(8-29)43-23)22(39)20(42-10)24(40)45-25-19(37)17(35)15(33)12(9-30)44-25/h10-12,14-25,29-30,32-41H,1-9,27H2,(H,28,31)/t10-,11-,12-,14-,15-,16+,17+,18+,19+,20+,21-,22-,23+,24?,25-,26-/m1/s1. The first kappa shape index (κ1) is 38.2. The number of nitrogens with one attached hydrogen (secondary N) is 1. The molecule has 19 heteroatoms. The van der Waals surface area contributed by atoms with E-state index in [9.17, 15) is 66.1 Å². The van der Waals surface area contributed by atoms with Crippen molar-refractivity contribution >= 4 is 5.91 Å². The van der Waals surface area contributed by atoms with Crippen LogP contribution in [0.4, 0.5) is 0 Å². The summed E-state index contributed by atoms with van der Waals surface area (Å²) in [6.07, 6.45) is -27.2. The molecule has 3 saturated heterocycles. The van der Waals surface area contributed by atoms with E-state index < -0.39 is 111 Å². The molecule has 3 rings (SSSR count). The molecule has 0 aromatic rings. The van der Waals surface area contributed by atoms with Crippen molar-refractivity contribution in [2.75, 3.05) is 26.3 Å². The normalized spacial score (nSPS) is 44.8. The number of ether oxygens (including phenoxy) is 4. The smallest absolute Gasteiger partial charge is 0.219 e. The molecule has 16 atom stereocenters. The molecule has 0 saturated carbocycles. The van der Waals surface area contributed by atoms with Gasteiger partial charge in [-0.3, -0.25) is 4.79 Å². The minimum atomic E-state index is -3.01. The first-order valence-corrected chi connectivity index (χ1v) is 14.9. The topological polar surface area (TPSA) is 335 Å². The van der Waals surface area contributed by atoms with Gasteiger partial charge in [0.15, 0.2) is 18.2 Å². The molecule has 0 aliphatic carbocycles. The number of aliphatic hydroxyl groups excluding tert-OH is 11. The molecule has 3 aliphatic rings. The number of amides is 1. The van der Waals surface area contributed by atoms with E-state index in [4.69, 9.17) is 24.7 Å². The Balaban J connectivity index is 1.85. The van der Waals surface area contributed by atoms with Crippen LogP contribution in [0, 0.1) is 0 Å². The maximum atomic E-state index is 12.2. The first-order valence-electron chi connectivity index (χ1n) is 14.9. The summed E-state index contributed by atoms with van der Waals surface area (Å²) in [5.41, 5.74) is 2.44. The van der Waals surface area contributed by atoms with E-state index in [2.05, 4.69) is 5.32 Å². The first-order chi connectivity index (χ1) is 21.2. The van der Waals surface area contributed by atoms with Crippen molar-refractivity contribution in [3.8, 4) is 0 Å². The fourth-order valence-electron chi connectivity index (χ4n) is 5.80. The maximum absolute atomic E-state index is 12.2. The highest BCUT2D eigenvalue weighted by Gasteiger charge is 2.65. The van der Waals surface area contributed by atoms with Gasteiger partial charge in [0, 0.05) is 13.0 Å². The lowest BCUT2D eigenvalue weighted by Gasteiger charge is -2.55. The zero-order chi connectivity index (χ0) is 33.6. The lowest BCUT2D eigenvalue weighted by molar-refractivity contribution is -0.383. The van der Waals surface area contributed by atoms with Gasteiger partial charge in [-0.15, -0.1) is 0 Å². The molecular weight excluding hydrogens is 612 g/mol. The van der Waals surface area contributed by atoms with Crippen LogP contribution in [0.1, 0.15) is 32.1 Å². The Morgan fingerprint density at radius 1 is 0.778 bits per heavy atom. The second kappa shape index (κ2) is 16.8. The number of hydrogen-bond donors (Lipinski definition) is 14. The zero-order valence-corrected chi connectivity index (χ0v) is 24.5. The van der Waals surface area contributed by atoms with Crippen molar-refractivity contribution in [2.24, 2.45) is 5.73 Å². The molecule has 264 valence electrons. The second-order valence-corrected chi connectivity index (χ2v) is 11.6. The van der Waals surface area contributed by atoms with E-state index in [0.717, 1.165) is 12.8 Å². The molecule has 0 aromatic heterocycles. The third-order valence-corrected chi connectivity index (χ3v) is 8.55. The summed E-state index contributed by atoms with van der Waals surface area (Å²) >= 11 is 0. The Morgan fingerprint density at radius 2 is 1.38 bits per heavy atom. The van der Waals surface area contributed by atoms with Crippen LogP contribution in [-0.4, -0.2) is 191 Å². The summed E-state index contributed by atoms with van der Waals surface area (Å²) in [6, 6.07) is 0. The minimum Gasteiger partial charge on any atom is -0.394 e. The van der Waals surface area contributed by atoms with Crippen LogP contribution in [0.25, 0.3) is 0 Å². The molecule has 0 bridgehead atoms. The quantitative estimate of drug-likeness (QED) is 0.0607. The molecule has 0 spiro atoms. The van der Waals surface area contributed by atoms with Gasteiger partial charge in [-0.2, -0.15) is 0 Å². The predicted octanol–water partition coefficient (Wildman–Crippen LogP) is -7.79. The van der Waals surface area contributed by atoms with Crippen LogP contribution < -0.4 is 11.1 Å². The minimum absolute atomic E-state index is 0.144. The van der Waals surface area contributed by atoms with Gasteiger partial charge < -0.3 is 91.3 Å². The molecule has 19 nitrogen and oxygen atoms in total.